The van der Waals surface area contributed by atoms with Gasteiger partial charge in [-0.1, -0.05) is 12.1 Å². The maximum Gasteiger partial charge on any atom is 0.573 e. The Balaban J connectivity index is 1.64. The van der Waals surface area contributed by atoms with Crippen LogP contribution < -0.4 is 15.6 Å². The van der Waals surface area contributed by atoms with Crippen LogP contribution in [-0.2, 0) is 19.4 Å². The van der Waals surface area contributed by atoms with Gasteiger partial charge in [0.15, 0.2) is 0 Å². The highest BCUT2D eigenvalue weighted by Crippen LogP contribution is 2.26. The van der Waals surface area contributed by atoms with Crippen LogP contribution in [0.4, 0.5) is 13.2 Å². The van der Waals surface area contributed by atoms with Gasteiger partial charge in [0, 0.05) is 12.6 Å². The van der Waals surface area contributed by atoms with Crippen molar-refractivity contribution < 1.29 is 22.7 Å². The smallest absolute Gasteiger partial charge is 0.405 e. The van der Waals surface area contributed by atoms with E-state index in [4.69, 9.17) is 0 Å². The highest BCUT2D eigenvalue weighted by atomic mass is 19.4. The summed E-state index contributed by atoms with van der Waals surface area (Å²) < 4.78 is 42.3. The van der Waals surface area contributed by atoms with Crippen LogP contribution in [0, 0.1) is 0 Å². The van der Waals surface area contributed by atoms with Gasteiger partial charge in [0.25, 0.3) is 11.5 Å². The molecule has 0 saturated carbocycles. The lowest BCUT2D eigenvalue weighted by Gasteiger charge is -2.13. The van der Waals surface area contributed by atoms with E-state index in [1.807, 2.05) is 0 Å². The van der Waals surface area contributed by atoms with Gasteiger partial charge in [0.1, 0.15) is 5.75 Å². The molecular formula is C17H16F3N3O3. The van der Waals surface area contributed by atoms with Gasteiger partial charge in [0.2, 0.25) is 0 Å². The number of amides is 1. The lowest BCUT2D eigenvalue weighted by molar-refractivity contribution is -0.274. The van der Waals surface area contributed by atoms with Crippen LogP contribution in [0.15, 0.2) is 35.1 Å². The Bertz CT molecular complexity index is 878. The van der Waals surface area contributed by atoms with Crippen molar-refractivity contribution in [3.05, 3.63) is 57.5 Å². The van der Waals surface area contributed by atoms with E-state index in [0.29, 0.717) is 0 Å². The fourth-order valence-corrected chi connectivity index (χ4v) is 2.84. The lowest BCUT2D eigenvalue weighted by atomic mass is 10.2. The molecule has 9 heteroatoms. The molecule has 0 bridgehead atoms. The number of nitrogens with zero attached hydrogens (tertiary/aromatic N) is 2. The molecule has 0 aliphatic heterocycles. The minimum atomic E-state index is -4.89. The Hall–Kier alpha value is -2.84. The minimum Gasteiger partial charge on any atom is -0.405 e. The number of nitrogens with one attached hydrogen (secondary N) is 1. The molecule has 1 aromatic carbocycles. The van der Waals surface area contributed by atoms with Crippen molar-refractivity contribution >= 4 is 5.91 Å². The van der Waals surface area contributed by atoms with E-state index >= 15 is 0 Å². The first kappa shape index (κ1) is 18.0. The first-order valence-electron chi connectivity index (χ1n) is 8.06. The van der Waals surface area contributed by atoms with Crippen molar-refractivity contribution in [1.82, 2.24) is 15.1 Å². The fourth-order valence-electron chi connectivity index (χ4n) is 2.84. The van der Waals surface area contributed by atoms with Crippen LogP contribution in [0.5, 0.6) is 5.75 Å². The minimum absolute atomic E-state index is 0.0465. The molecular weight excluding hydrogens is 351 g/mol. The van der Waals surface area contributed by atoms with Crippen LogP contribution in [0.2, 0.25) is 0 Å². The zero-order valence-corrected chi connectivity index (χ0v) is 13.7. The second-order valence-electron chi connectivity index (χ2n) is 5.83. The van der Waals surface area contributed by atoms with Crippen molar-refractivity contribution in [3.8, 4) is 5.75 Å². The summed E-state index contributed by atoms with van der Waals surface area (Å²) in [7, 11) is 0. The van der Waals surface area contributed by atoms with Crippen LogP contribution in [0.25, 0.3) is 0 Å². The Morgan fingerprint density at radius 2 is 2.04 bits per heavy atom. The molecule has 1 heterocycles. The predicted octanol–water partition coefficient (Wildman–Crippen LogP) is 2.06. The molecule has 1 aliphatic rings. The summed E-state index contributed by atoms with van der Waals surface area (Å²) in [4.78, 5) is 24.1. The Labute approximate surface area is 146 Å². The normalized spacial score (nSPS) is 13.3. The number of rotatable bonds is 5. The molecule has 0 atom stereocenters. The molecule has 1 N–H and O–H groups in total. The van der Waals surface area contributed by atoms with Crippen molar-refractivity contribution in [2.24, 2.45) is 0 Å². The molecule has 0 saturated heterocycles. The van der Waals surface area contributed by atoms with Crippen LogP contribution >= 0.6 is 0 Å². The van der Waals surface area contributed by atoms with Gasteiger partial charge >= 0.3 is 6.36 Å². The third-order valence-corrected chi connectivity index (χ3v) is 3.99. The number of ether oxygens (including phenoxy) is 1. The number of hydrogen-bond donors (Lipinski definition) is 1. The first-order valence-corrected chi connectivity index (χ1v) is 8.06. The number of alkyl halides is 3. The first-order chi connectivity index (χ1) is 12.3. The second-order valence-corrected chi connectivity index (χ2v) is 5.83. The number of benzene rings is 1. The Morgan fingerprint density at radius 3 is 2.81 bits per heavy atom. The average Bonchev–Trinajstić information content (AvgIpc) is 3.01. The topological polar surface area (TPSA) is 73.2 Å². The van der Waals surface area contributed by atoms with Crippen molar-refractivity contribution in [2.45, 2.75) is 32.2 Å². The number of fused-ring (bicyclic) bond motifs is 1. The molecule has 0 radical (unpaired) electrons. The number of halogens is 3. The highest BCUT2D eigenvalue weighted by molar-refractivity contribution is 5.96. The van der Waals surface area contributed by atoms with Gasteiger partial charge < -0.3 is 10.1 Å². The second kappa shape index (κ2) is 7.19. The number of hydrogen-bond acceptors (Lipinski definition) is 4. The molecule has 26 heavy (non-hydrogen) atoms. The van der Waals surface area contributed by atoms with Gasteiger partial charge in [-0.2, -0.15) is 5.10 Å². The van der Waals surface area contributed by atoms with E-state index in [0.717, 1.165) is 36.6 Å². The van der Waals surface area contributed by atoms with E-state index in [9.17, 15) is 22.8 Å². The van der Waals surface area contributed by atoms with Gasteiger partial charge in [-0.15, -0.1) is 13.2 Å². The number of para-hydroxylation sites is 1. The number of carbonyl (C=O) groups is 1. The van der Waals surface area contributed by atoms with E-state index in [1.54, 1.807) is 6.07 Å². The summed E-state index contributed by atoms with van der Waals surface area (Å²) in [6.07, 6.45) is -2.29. The summed E-state index contributed by atoms with van der Waals surface area (Å²) in [5, 5.41) is 6.75. The number of carbonyl (C=O) groups excluding carboxylic acids is 1. The summed E-state index contributed by atoms with van der Waals surface area (Å²) in [5.41, 5.74) is 1.33. The SMILES string of the molecule is O=C(NCCn1nc2c(cc1=O)CCC2)c1ccccc1OC(F)(F)F. The Morgan fingerprint density at radius 1 is 1.27 bits per heavy atom. The quantitative estimate of drug-likeness (QED) is 0.878. The summed E-state index contributed by atoms with van der Waals surface area (Å²) in [5.74, 6) is -1.30. The fraction of sp³-hybridized carbons (Fsp3) is 0.353. The molecule has 0 spiro atoms. The predicted molar refractivity (Wildman–Crippen MR) is 86.0 cm³/mol. The summed E-state index contributed by atoms with van der Waals surface area (Å²) >= 11 is 0. The molecule has 138 valence electrons. The molecule has 0 fully saturated rings. The maximum atomic E-state index is 12.4. The third kappa shape index (κ3) is 4.22. The number of aromatic nitrogens is 2. The van der Waals surface area contributed by atoms with Crippen molar-refractivity contribution in [1.29, 1.82) is 0 Å². The van der Waals surface area contributed by atoms with E-state index in [2.05, 4.69) is 15.2 Å². The van der Waals surface area contributed by atoms with Gasteiger partial charge in [-0.3, -0.25) is 9.59 Å². The maximum absolute atomic E-state index is 12.4. The van der Waals surface area contributed by atoms with Crippen LogP contribution in [0.3, 0.4) is 0 Å². The third-order valence-electron chi connectivity index (χ3n) is 3.99. The largest absolute Gasteiger partial charge is 0.573 e. The molecule has 2 aromatic rings. The standard InChI is InChI=1S/C17H16F3N3O3/c18-17(19,20)26-14-7-2-1-5-12(14)16(25)21-8-9-23-15(24)10-11-4-3-6-13(11)22-23/h1-2,5,7,10H,3-4,6,8-9H2,(H,21,25). The summed E-state index contributed by atoms with van der Waals surface area (Å²) in [6, 6.07) is 6.62. The van der Waals surface area contributed by atoms with Crippen LogP contribution in [0.1, 0.15) is 28.0 Å². The zero-order chi connectivity index (χ0) is 18.7. The average molecular weight is 367 g/mol. The van der Waals surface area contributed by atoms with E-state index in [1.165, 1.54) is 22.9 Å². The molecule has 1 amide bonds. The van der Waals surface area contributed by atoms with Crippen molar-refractivity contribution in [2.75, 3.05) is 6.54 Å². The molecule has 3 rings (SSSR count). The van der Waals surface area contributed by atoms with Gasteiger partial charge in [-0.05, 0) is 37.0 Å². The van der Waals surface area contributed by atoms with Gasteiger partial charge in [0.05, 0.1) is 17.8 Å². The molecule has 0 unspecified atom stereocenters. The zero-order valence-electron chi connectivity index (χ0n) is 13.7. The summed E-state index contributed by atoms with van der Waals surface area (Å²) in [6.45, 7) is 0.172. The number of aryl methyl sites for hydroxylation is 2. The molecule has 6 nitrogen and oxygen atoms in total. The Kier molecular flexibility index (Phi) is 4.97. The van der Waals surface area contributed by atoms with Crippen LogP contribution in [-0.4, -0.2) is 28.6 Å². The molecule has 1 aromatic heterocycles. The molecule has 1 aliphatic carbocycles. The van der Waals surface area contributed by atoms with Crippen molar-refractivity contribution in [3.63, 3.8) is 0 Å². The lowest BCUT2D eigenvalue weighted by Crippen LogP contribution is -2.33. The van der Waals surface area contributed by atoms with E-state index in [-0.39, 0.29) is 24.2 Å². The monoisotopic (exact) mass is 367 g/mol. The highest BCUT2D eigenvalue weighted by Gasteiger charge is 2.32. The van der Waals surface area contributed by atoms with E-state index < -0.39 is 18.0 Å². The van der Waals surface area contributed by atoms with Gasteiger partial charge in [-0.25, -0.2) is 4.68 Å².